The van der Waals surface area contributed by atoms with E-state index in [1.807, 2.05) is 6.92 Å². The first-order valence-electron chi connectivity index (χ1n) is 4.89. The Balaban J connectivity index is 2.46. The summed E-state index contributed by atoms with van der Waals surface area (Å²) in [6.07, 6.45) is 3.82. The summed E-state index contributed by atoms with van der Waals surface area (Å²) >= 11 is 0. The number of aromatic amines is 1. The van der Waals surface area contributed by atoms with E-state index < -0.39 is 5.97 Å². The molecule has 0 aliphatic heterocycles. The number of aromatic nitrogens is 5. The number of carboxylic acids is 1. The van der Waals surface area contributed by atoms with Gasteiger partial charge in [-0.05, 0) is 6.42 Å². The maximum Gasteiger partial charge on any atom is 0.354 e. The molecular formula is C9H11N5O2. The van der Waals surface area contributed by atoms with Crippen molar-refractivity contribution in [2.75, 3.05) is 0 Å². The average molecular weight is 221 g/mol. The number of hydrogen-bond acceptors (Lipinski definition) is 4. The van der Waals surface area contributed by atoms with E-state index in [0.717, 1.165) is 13.0 Å². The highest BCUT2D eigenvalue weighted by molar-refractivity contribution is 5.91. The molecule has 16 heavy (non-hydrogen) atoms. The first-order chi connectivity index (χ1) is 7.74. The SMILES string of the molecule is CCCn1cnnc1-c1nc[nH]c1C(=O)O. The van der Waals surface area contributed by atoms with Crippen molar-refractivity contribution in [3.63, 3.8) is 0 Å². The van der Waals surface area contributed by atoms with Crippen molar-refractivity contribution in [2.24, 2.45) is 0 Å². The lowest BCUT2D eigenvalue weighted by molar-refractivity contribution is 0.0692. The first-order valence-corrected chi connectivity index (χ1v) is 4.89. The van der Waals surface area contributed by atoms with Gasteiger partial charge in [-0.15, -0.1) is 10.2 Å². The van der Waals surface area contributed by atoms with E-state index in [9.17, 15) is 4.79 Å². The minimum Gasteiger partial charge on any atom is -0.477 e. The normalized spacial score (nSPS) is 10.6. The number of aryl methyl sites for hydroxylation is 1. The number of carboxylic acid groups (broad SMARTS) is 1. The van der Waals surface area contributed by atoms with Crippen LogP contribution in [0, 0.1) is 0 Å². The molecule has 0 atom stereocenters. The number of nitrogens with one attached hydrogen (secondary N) is 1. The van der Waals surface area contributed by atoms with Crippen LogP contribution in [0.3, 0.4) is 0 Å². The highest BCUT2D eigenvalue weighted by Crippen LogP contribution is 2.17. The summed E-state index contributed by atoms with van der Waals surface area (Å²) < 4.78 is 1.78. The molecule has 0 saturated carbocycles. The Morgan fingerprint density at radius 3 is 3.12 bits per heavy atom. The van der Waals surface area contributed by atoms with Gasteiger partial charge in [-0.25, -0.2) is 9.78 Å². The standard InChI is InChI=1S/C9H11N5O2/c1-2-3-14-5-12-13-8(14)6-7(9(15)16)11-4-10-6/h4-5H,2-3H2,1H3,(H,10,11)(H,15,16). The molecule has 84 valence electrons. The molecule has 0 bridgehead atoms. The Kier molecular flexibility index (Phi) is 2.67. The van der Waals surface area contributed by atoms with Crippen molar-refractivity contribution in [3.05, 3.63) is 18.3 Å². The summed E-state index contributed by atoms with van der Waals surface area (Å²) in [7, 11) is 0. The molecule has 2 aromatic rings. The van der Waals surface area contributed by atoms with E-state index in [1.54, 1.807) is 10.9 Å². The summed E-state index contributed by atoms with van der Waals surface area (Å²) in [5.74, 6) is -0.584. The lowest BCUT2D eigenvalue weighted by atomic mass is 10.3. The smallest absolute Gasteiger partial charge is 0.354 e. The molecule has 0 radical (unpaired) electrons. The predicted octanol–water partition coefficient (Wildman–Crippen LogP) is 0.776. The molecule has 0 fully saturated rings. The van der Waals surface area contributed by atoms with E-state index in [1.165, 1.54) is 6.33 Å². The van der Waals surface area contributed by atoms with Gasteiger partial charge in [0.2, 0.25) is 0 Å². The molecule has 2 aromatic heterocycles. The van der Waals surface area contributed by atoms with Crippen LogP contribution in [0.1, 0.15) is 23.8 Å². The maximum atomic E-state index is 10.9. The summed E-state index contributed by atoms with van der Waals surface area (Å²) in [5.41, 5.74) is 0.351. The van der Waals surface area contributed by atoms with Crippen molar-refractivity contribution < 1.29 is 9.90 Å². The van der Waals surface area contributed by atoms with Crippen molar-refractivity contribution in [1.82, 2.24) is 24.7 Å². The molecule has 7 nitrogen and oxygen atoms in total. The summed E-state index contributed by atoms with van der Waals surface area (Å²) in [6.45, 7) is 2.75. The number of nitrogens with zero attached hydrogens (tertiary/aromatic N) is 4. The van der Waals surface area contributed by atoms with Crippen molar-refractivity contribution in [3.8, 4) is 11.5 Å². The van der Waals surface area contributed by atoms with Gasteiger partial charge in [0.1, 0.15) is 12.0 Å². The second-order valence-electron chi connectivity index (χ2n) is 3.28. The predicted molar refractivity (Wildman–Crippen MR) is 54.9 cm³/mol. The van der Waals surface area contributed by atoms with E-state index in [-0.39, 0.29) is 5.69 Å². The molecule has 2 N–H and O–H groups in total. The first kappa shape index (κ1) is 10.3. The molecular weight excluding hydrogens is 210 g/mol. The quantitative estimate of drug-likeness (QED) is 0.795. The van der Waals surface area contributed by atoms with Crippen LogP contribution in [0.5, 0.6) is 0 Å². The van der Waals surface area contributed by atoms with Crippen molar-refractivity contribution in [2.45, 2.75) is 19.9 Å². The van der Waals surface area contributed by atoms with E-state index >= 15 is 0 Å². The zero-order valence-electron chi connectivity index (χ0n) is 8.71. The topological polar surface area (TPSA) is 96.7 Å². The molecule has 0 aliphatic carbocycles. The van der Waals surface area contributed by atoms with E-state index in [4.69, 9.17) is 5.11 Å². The number of rotatable bonds is 4. The summed E-state index contributed by atoms with van der Waals surface area (Å²) in [6, 6.07) is 0. The fourth-order valence-corrected chi connectivity index (χ4v) is 1.47. The van der Waals surface area contributed by atoms with Crippen LogP contribution in [-0.2, 0) is 6.54 Å². The third-order valence-corrected chi connectivity index (χ3v) is 2.15. The molecule has 0 aliphatic rings. The number of H-pyrrole nitrogens is 1. The Labute approximate surface area is 91.2 Å². The Morgan fingerprint density at radius 1 is 1.62 bits per heavy atom. The van der Waals surface area contributed by atoms with Crippen LogP contribution in [-0.4, -0.2) is 35.8 Å². The number of imidazole rings is 1. The zero-order chi connectivity index (χ0) is 11.5. The maximum absolute atomic E-state index is 10.9. The summed E-state index contributed by atoms with van der Waals surface area (Å²) in [4.78, 5) is 17.5. The van der Waals surface area contributed by atoms with Gasteiger partial charge in [0.25, 0.3) is 0 Å². The molecule has 7 heteroatoms. The average Bonchev–Trinajstić information content (AvgIpc) is 2.83. The van der Waals surface area contributed by atoms with Gasteiger partial charge >= 0.3 is 5.97 Å². The Morgan fingerprint density at radius 2 is 2.44 bits per heavy atom. The lowest BCUT2D eigenvalue weighted by Gasteiger charge is -2.02. The second-order valence-corrected chi connectivity index (χ2v) is 3.28. The van der Waals surface area contributed by atoms with Gasteiger partial charge in [0, 0.05) is 6.54 Å². The fraction of sp³-hybridized carbons (Fsp3) is 0.333. The van der Waals surface area contributed by atoms with E-state index in [2.05, 4.69) is 20.2 Å². The zero-order valence-corrected chi connectivity index (χ0v) is 8.71. The van der Waals surface area contributed by atoms with Crippen LogP contribution in [0.4, 0.5) is 0 Å². The third kappa shape index (κ3) is 1.67. The Hall–Kier alpha value is -2.18. The van der Waals surface area contributed by atoms with E-state index in [0.29, 0.717) is 11.5 Å². The van der Waals surface area contributed by atoms with Crippen LogP contribution in [0.2, 0.25) is 0 Å². The van der Waals surface area contributed by atoms with Crippen LogP contribution >= 0.6 is 0 Å². The minimum atomic E-state index is -1.06. The lowest BCUT2D eigenvalue weighted by Crippen LogP contribution is -2.04. The summed E-state index contributed by atoms with van der Waals surface area (Å²) in [5, 5.41) is 16.6. The van der Waals surface area contributed by atoms with Crippen molar-refractivity contribution in [1.29, 1.82) is 0 Å². The fourth-order valence-electron chi connectivity index (χ4n) is 1.47. The third-order valence-electron chi connectivity index (χ3n) is 2.15. The highest BCUT2D eigenvalue weighted by atomic mass is 16.4. The minimum absolute atomic E-state index is 0.0327. The van der Waals surface area contributed by atoms with Gasteiger partial charge in [0.05, 0.1) is 6.33 Å². The van der Waals surface area contributed by atoms with Crippen LogP contribution in [0.15, 0.2) is 12.7 Å². The molecule has 0 saturated heterocycles. The van der Waals surface area contributed by atoms with Gasteiger partial charge in [-0.1, -0.05) is 6.92 Å². The highest BCUT2D eigenvalue weighted by Gasteiger charge is 2.18. The van der Waals surface area contributed by atoms with Crippen LogP contribution in [0.25, 0.3) is 11.5 Å². The van der Waals surface area contributed by atoms with Gasteiger partial charge in [-0.2, -0.15) is 0 Å². The molecule has 2 rings (SSSR count). The number of aromatic carboxylic acids is 1. The van der Waals surface area contributed by atoms with Crippen molar-refractivity contribution >= 4 is 5.97 Å². The molecule has 0 unspecified atom stereocenters. The Bertz CT molecular complexity index is 501. The van der Waals surface area contributed by atoms with Gasteiger partial charge in [-0.3, -0.25) is 0 Å². The number of hydrogen-bond donors (Lipinski definition) is 2. The second kappa shape index (κ2) is 4.13. The number of carbonyl (C=O) groups is 1. The van der Waals surface area contributed by atoms with Gasteiger partial charge < -0.3 is 14.7 Å². The molecule has 0 spiro atoms. The molecule has 0 amide bonds. The van der Waals surface area contributed by atoms with Crippen LogP contribution < -0.4 is 0 Å². The molecule has 2 heterocycles. The largest absolute Gasteiger partial charge is 0.477 e. The monoisotopic (exact) mass is 221 g/mol. The van der Waals surface area contributed by atoms with Gasteiger partial charge in [0.15, 0.2) is 11.5 Å². The molecule has 0 aromatic carbocycles.